The molecule has 0 spiro atoms. The Morgan fingerprint density at radius 1 is 1.62 bits per heavy atom. The molecule has 1 aromatic rings. The van der Waals surface area contributed by atoms with E-state index in [9.17, 15) is 0 Å². The molecule has 0 aromatic carbocycles. The summed E-state index contributed by atoms with van der Waals surface area (Å²) in [5.41, 5.74) is 1.45. The summed E-state index contributed by atoms with van der Waals surface area (Å²) >= 11 is 1.89. The summed E-state index contributed by atoms with van der Waals surface area (Å²) in [5.74, 6) is 1.79. The van der Waals surface area contributed by atoms with Gasteiger partial charge in [-0.15, -0.1) is 11.3 Å². The van der Waals surface area contributed by atoms with E-state index in [1.807, 2.05) is 11.3 Å². The van der Waals surface area contributed by atoms with E-state index in [-0.39, 0.29) is 0 Å². The Morgan fingerprint density at radius 3 is 2.69 bits per heavy atom. The maximum atomic E-state index is 3.45. The number of aryl methyl sites for hydroxylation is 1. The molecular formula is C11H17NS. The smallest absolute Gasteiger partial charge is 0.0446 e. The first kappa shape index (κ1) is 9.22. The molecule has 72 valence electrons. The lowest BCUT2D eigenvalue weighted by atomic mass is 10.1. The predicted octanol–water partition coefficient (Wildman–Crippen LogP) is 2.97. The maximum absolute atomic E-state index is 3.45. The van der Waals surface area contributed by atoms with E-state index in [0.717, 1.165) is 11.8 Å². The monoisotopic (exact) mass is 195 g/mol. The molecule has 0 aliphatic heterocycles. The van der Waals surface area contributed by atoms with Gasteiger partial charge in [0.15, 0.2) is 0 Å². The third-order valence-electron chi connectivity index (χ3n) is 3.10. The van der Waals surface area contributed by atoms with Crippen molar-refractivity contribution in [1.29, 1.82) is 0 Å². The van der Waals surface area contributed by atoms with Crippen LogP contribution in [-0.4, -0.2) is 7.05 Å². The Labute approximate surface area is 84.2 Å². The molecule has 0 saturated heterocycles. The molecule has 2 rings (SSSR count). The highest BCUT2D eigenvalue weighted by molar-refractivity contribution is 7.10. The van der Waals surface area contributed by atoms with E-state index in [2.05, 4.69) is 37.7 Å². The molecule has 1 aliphatic rings. The van der Waals surface area contributed by atoms with Gasteiger partial charge in [0, 0.05) is 10.9 Å². The minimum Gasteiger partial charge on any atom is -0.312 e. The quantitative estimate of drug-likeness (QED) is 0.782. The Morgan fingerprint density at radius 2 is 2.31 bits per heavy atom. The predicted molar refractivity (Wildman–Crippen MR) is 58.1 cm³/mol. The SMILES string of the molecule is CNC(c1sccc1C)C1CC1C. The van der Waals surface area contributed by atoms with Crippen LogP contribution in [0.25, 0.3) is 0 Å². The van der Waals surface area contributed by atoms with E-state index in [1.165, 1.54) is 16.9 Å². The van der Waals surface area contributed by atoms with Crippen LogP contribution in [0.5, 0.6) is 0 Å². The van der Waals surface area contributed by atoms with Gasteiger partial charge in [-0.1, -0.05) is 6.92 Å². The highest BCUT2D eigenvalue weighted by atomic mass is 32.1. The van der Waals surface area contributed by atoms with Crippen molar-refractivity contribution < 1.29 is 0 Å². The molecule has 2 heteroatoms. The van der Waals surface area contributed by atoms with Crippen LogP contribution in [0.4, 0.5) is 0 Å². The number of rotatable bonds is 3. The molecule has 0 bridgehead atoms. The second-order valence-corrected chi connectivity index (χ2v) is 5.06. The Hall–Kier alpha value is -0.340. The number of hydrogen-bond acceptors (Lipinski definition) is 2. The van der Waals surface area contributed by atoms with E-state index < -0.39 is 0 Å². The highest BCUT2D eigenvalue weighted by Crippen LogP contribution is 2.48. The summed E-state index contributed by atoms with van der Waals surface area (Å²) in [6.07, 6.45) is 1.39. The first-order valence-corrected chi connectivity index (χ1v) is 5.83. The minimum absolute atomic E-state index is 0.606. The molecule has 1 heterocycles. The third-order valence-corrected chi connectivity index (χ3v) is 4.20. The average molecular weight is 195 g/mol. The summed E-state index contributed by atoms with van der Waals surface area (Å²) < 4.78 is 0. The largest absolute Gasteiger partial charge is 0.312 e. The molecule has 1 fully saturated rings. The molecule has 3 unspecified atom stereocenters. The summed E-state index contributed by atoms with van der Waals surface area (Å²) in [6.45, 7) is 4.56. The van der Waals surface area contributed by atoms with Crippen molar-refractivity contribution in [3.05, 3.63) is 21.9 Å². The van der Waals surface area contributed by atoms with Gasteiger partial charge in [-0.25, -0.2) is 0 Å². The van der Waals surface area contributed by atoms with Gasteiger partial charge in [0.2, 0.25) is 0 Å². The Kier molecular flexibility index (Phi) is 2.43. The standard InChI is InChI=1S/C11H17NS/c1-7-4-5-13-11(7)10(12-3)9-6-8(9)2/h4-5,8-10,12H,6H2,1-3H3. The minimum atomic E-state index is 0.606. The van der Waals surface area contributed by atoms with Crippen LogP contribution in [0.15, 0.2) is 11.4 Å². The molecule has 1 aliphatic carbocycles. The fourth-order valence-electron chi connectivity index (χ4n) is 2.06. The summed E-state index contributed by atoms with van der Waals surface area (Å²) in [5, 5.41) is 5.64. The van der Waals surface area contributed by atoms with Crippen molar-refractivity contribution in [3.8, 4) is 0 Å². The zero-order valence-corrected chi connectivity index (χ0v) is 9.32. The lowest BCUT2D eigenvalue weighted by molar-refractivity contribution is 0.510. The first-order chi connectivity index (χ1) is 6.24. The molecule has 0 radical (unpaired) electrons. The van der Waals surface area contributed by atoms with Gasteiger partial charge in [0.1, 0.15) is 0 Å². The second-order valence-electron chi connectivity index (χ2n) is 4.11. The molecule has 1 N–H and O–H groups in total. The highest BCUT2D eigenvalue weighted by Gasteiger charge is 2.40. The van der Waals surface area contributed by atoms with Crippen molar-refractivity contribution >= 4 is 11.3 Å². The molecule has 3 atom stereocenters. The van der Waals surface area contributed by atoms with Gasteiger partial charge >= 0.3 is 0 Å². The fraction of sp³-hybridized carbons (Fsp3) is 0.636. The fourth-order valence-corrected chi connectivity index (χ4v) is 3.17. The molecule has 13 heavy (non-hydrogen) atoms. The third kappa shape index (κ3) is 1.65. The number of nitrogens with one attached hydrogen (secondary N) is 1. The van der Waals surface area contributed by atoms with Gasteiger partial charge in [0.25, 0.3) is 0 Å². The molecule has 0 amide bonds. The second kappa shape index (κ2) is 3.43. The maximum Gasteiger partial charge on any atom is 0.0446 e. The van der Waals surface area contributed by atoms with Crippen LogP contribution in [0.3, 0.4) is 0 Å². The first-order valence-electron chi connectivity index (χ1n) is 4.95. The van der Waals surface area contributed by atoms with Crippen LogP contribution in [0.2, 0.25) is 0 Å². The molecule has 1 saturated carbocycles. The van der Waals surface area contributed by atoms with Gasteiger partial charge in [-0.05, 0) is 49.2 Å². The van der Waals surface area contributed by atoms with Gasteiger partial charge in [0.05, 0.1) is 0 Å². The van der Waals surface area contributed by atoms with Crippen LogP contribution in [0, 0.1) is 18.8 Å². The summed E-state index contributed by atoms with van der Waals surface area (Å²) in [7, 11) is 2.08. The lowest BCUT2D eigenvalue weighted by Gasteiger charge is -2.15. The normalized spacial score (nSPS) is 28.8. The molecule has 1 aromatic heterocycles. The van der Waals surface area contributed by atoms with Crippen LogP contribution >= 0.6 is 11.3 Å². The average Bonchev–Trinajstić information content (AvgIpc) is 2.65. The molecular weight excluding hydrogens is 178 g/mol. The van der Waals surface area contributed by atoms with Crippen LogP contribution in [-0.2, 0) is 0 Å². The zero-order valence-electron chi connectivity index (χ0n) is 8.50. The van der Waals surface area contributed by atoms with Crippen molar-refractivity contribution in [1.82, 2.24) is 5.32 Å². The van der Waals surface area contributed by atoms with Gasteiger partial charge < -0.3 is 5.32 Å². The van der Waals surface area contributed by atoms with E-state index in [1.54, 1.807) is 0 Å². The van der Waals surface area contributed by atoms with E-state index in [4.69, 9.17) is 0 Å². The van der Waals surface area contributed by atoms with Gasteiger partial charge in [-0.3, -0.25) is 0 Å². The van der Waals surface area contributed by atoms with Crippen LogP contribution in [0.1, 0.15) is 29.8 Å². The van der Waals surface area contributed by atoms with Crippen LogP contribution < -0.4 is 5.32 Å². The number of thiophene rings is 1. The lowest BCUT2D eigenvalue weighted by Crippen LogP contribution is -2.18. The Balaban J connectivity index is 2.17. The molecule has 1 nitrogen and oxygen atoms in total. The Bertz CT molecular complexity index is 292. The van der Waals surface area contributed by atoms with Crippen molar-refractivity contribution in [2.24, 2.45) is 11.8 Å². The van der Waals surface area contributed by atoms with Crippen molar-refractivity contribution in [2.45, 2.75) is 26.3 Å². The van der Waals surface area contributed by atoms with Crippen molar-refractivity contribution in [2.75, 3.05) is 7.05 Å². The van der Waals surface area contributed by atoms with Crippen molar-refractivity contribution in [3.63, 3.8) is 0 Å². The van der Waals surface area contributed by atoms with Gasteiger partial charge in [-0.2, -0.15) is 0 Å². The number of hydrogen-bond donors (Lipinski definition) is 1. The topological polar surface area (TPSA) is 12.0 Å². The van der Waals surface area contributed by atoms with E-state index >= 15 is 0 Å². The summed E-state index contributed by atoms with van der Waals surface area (Å²) in [6, 6.07) is 2.83. The van der Waals surface area contributed by atoms with E-state index in [0.29, 0.717) is 6.04 Å². The summed E-state index contributed by atoms with van der Waals surface area (Å²) in [4.78, 5) is 1.54. The zero-order chi connectivity index (χ0) is 9.42.